The van der Waals surface area contributed by atoms with E-state index in [2.05, 4.69) is 0 Å². The number of amides is 1. The van der Waals surface area contributed by atoms with Crippen LogP contribution in [0.2, 0.25) is 0 Å². The van der Waals surface area contributed by atoms with Crippen molar-refractivity contribution in [2.75, 3.05) is 11.5 Å². The first-order valence-corrected chi connectivity index (χ1v) is 8.94. The van der Waals surface area contributed by atoms with Gasteiger partial charge >= 0.3 is 0 Å². The molecule has 5 heterocycles. The Hall–Kier alpha value is -2.01. The van der Waals surface area contributed by atoms with Gasteiger partial charge in [0.2, 0.25) is 5.91 Å². The van der Waals surface area contributed by atoms with Crippen LogP contribution in [0.5, 0.6) is 0 Å². The molecule has 0 unspecified atom stereocenters. The van der Waals surface area contributed by atoms with E-state index < -0.39 is 24.1 Å². The van der Waals surface area contributed by atoms with E-state index in [4.69, 9.17) is 19.5 Å². The molecule has 7 heteroatoms. The number of anilines is 1. The molecule has 2 bridgehead atoms. The van der Waals surface area contributed by atoms with Crippen LogP contribution in [-0.4, -0.2) is 42.2 Å². The van der Waals surface area contributed by atoms with Gasteiger partial charge in [-0.1, -0.05) is 0 Å². The number of fused-ring (bicyclic) bond motifs is 4. The number of benzene rings is 1. The Morgan fingerprint density at radius 2 is 2.27 bits per heavy atom. The smallest absolute Gasteiger partial charge is 0.235 e. The van der Waals surface area contributed by atoms with Crippen molar-refractivity contribution in [2.24, 2.45) is 11.8 Å². The molecule has 5 aliphatic heterocycles. The number of rotatable bonds is 2. The molecule has 0 aromatic heterocycles. The summed E-state index contributed by atoms with van der Waals surface area (Å²) in [5, 5.41) is 9.12. The standard InChI is InChI=1S/C19H17FN2O4/c1-18-12-13-17(24-5-4-19(13,26-18)15-14(18)25-15)22(16(12)23)11-3-2-9(8-21)10(6-11)7-20/h2-3,6,12-15,17H,4-5,7H2,1H3/t12-,13+,14-,15+,17+,18+,19-/m0/s1. The summed E-state index contributed by atoms with van der Waals surface area (Å²) in [6.45, 7) is 1.71. The fraction of sp³-hybridized carbons (Fsp3) is 0.579. The molecule has 6 nitrogen and oxygen atoms in total. The van der Waals surface area contributed by atoms with E-state index in [9.17, 15) is 9.18 Å². The number of ether oxygens (including phenoxy) is 3. The highest BCUT2D eigenvalue weighted by Gasteiger charge is 2.87. The molecule has 7 atom stereocenters. The zero-order valence-electron chi connectivity index (χ0n) is 14.1. The maximum atomic E-state index is 13.4. The predicted octanol–water partition coefficient (Wildman–Crippen LogP) is 1.66. The summed E-state index contributed by atoms with van der Waals surface area (Å²) in [6.07, 6.45) is 0.323. The molecule has 6 rings (SSSR count). The van der Waals surface area contributed by atoms with Gasteiger partial charge in [0.25, 0.3) is 0 Å². The SMILES string of the molecule is C[C@@]12O[C@]3(CCO[C@@H]4[C@H]3[C@H]1C(=O)N4c1ccc(C#N)c(CF)c1)[C@@H]1O[C@@H]12. The summed E-state index contributed by atoms with van der Waals surface area (Å²) < 4.78 is 31.7. The monoisotopic (exact) mass is 356 g/mol. The molecule has 26 heavy (non-hydrogen) atoms. The van der Waals surface area contributed by atoms with Crippen LogP contribution in [0.15, 0.2) is 18.2 Å². The Kier molecular flexibility index (Phi) is 2.58. The minimum atomic E-state index is -0.750. The van der Waals surface area contributed by atoms with Crippen molar-refractivity contribution in [3.63, 3.8) is 0 Å². The summed E-state index contributed by atoms with van der Waals surface area (Å²) in [5.41, 5.74) is 0.0806. The first kappa shape index (κ1) is 15.1. The van der Waals surface area contributed by atoms with Gasteiger partial charge in [0.05, 0.1) is 30.1 Å². The van der Waals surface area contributed by atoms with Crippen molar-refractivity contribution < 1.29 is 23.4 Å². The molecule has 0 N–H and O–H groups in total. The number of nitriles is 1. The van der Waals surface area contributed by atoms with Crippen molar-refractivity contribution in [3.05, 3.63) is 29.3 Å². The molecule has 0 saturated carbocycles. The molecule has 0 aliphatic carbocycles. The largest absolute Gasteiger partial charge is 0.363 e. The van der Waals surface area contributed by atoms with Gasteiger partial charge in [-0.05, 0) is 25.1 Å². The normalized spacial score (nSPS) is 46.9. The lowest BCUT2D eigenvalue weighted by Crippen LogP contribution is -2.54. The Labute approximate surface area is 149 Å². The number of nitrogens with zero attached hydrogens (tertiary/aromatic N) is 2. The first-order valence-electron chi connectivity index (χ1n) is 8.94. The fourth-order valence-electron chi connectivity index (χ4n) is 5.92. The third kappa shape index (κ3) is 1.44. The summed E-state index contributed by atoms with van der Waals surface area (Å²) in [4.78, 5) is 15.0. The second-order valence-electron chi connectivity index (χ2n) is 8.03. The van der Waals surface area contributed by atoms with Crippen molar-refractivity contribution in [1.29, 1.82) is 5.26 Å². The van der Waals surface area contributed by atoms with Crippen molar-refractivity contribution in [2.45, 2.75) is 49.7 Å². The Morgan fingerprint density at radius 3 is 3.04 bits per heavy atom. The van der Waals surface area contributed by atoms with Crippen LogP contribution in [0.4, 0.5) is 10.1 Å². The van der Waals surface area contributed by atoms with Gasteiger partial charge in [-0.15, -0.1) is 0 Å². The van der Waals surface area contributed by atoms with Crippen molar-refractivity contribution in [1.82, 2.24) is 0 Å². The lowest BCUT2D eigenvalue weighted by molar-refractivity contribution is -0.170. The predicted molar refractivity (Wildman–Crippen MR) is 85.7 cm³/mol. The van der Waals surface area contributed by atoms with Crippen LogP contribution in [0.1, 0.15) is 24.5 Å². The van der Waals surface area contributed by atoms with E-state index in [1.54, 1.807) is 23.1 Å². The molecule has 134 valence electrons. The number of carbonyl (C=O) groups excluding carboxylic acids is 1. The average molecular weight is 356 g/mol. The third-order valence-electron chi connectivity index (χ3n) is 6.97. The van der Waals surface area contributed by atoms with E-state index in [1.807, 2.05) is 13.0 Å². The topological polar surface area (TPSA) is 75.1 Å². The number of halogens is 1. The van der Waals surface area contributed by atoms with Gasteiger partial charge in [-0.25, -0.2) is 4.39 Å². The lowest BCUT2D eigenvalue weighted by Gasteiger charge is -2.41. The van der Waals surface area contributed by atoms with Crippen molar-refractivity contribution >= 4 is 11.6 Å². The molecule has 5 fully saturated rings. The molecule has 1 aromatic carbocycles. The zero-order valence-corrected chi connectivity index (χ0v) is 14.1. The minimum Gasteiger partial charge on any atom is -0.363 e. The van der Waals surface area contributed by atoms with Gasteiger partial charge < -0.3 is 14.2 Å². The van der Waals surface area contributed by atoms with Crippen LogP contribution in [0.3, 0.4) is 0 Å². The third-order valence-corrected chi connectivity index (χ3v) is 6.97. The lowest BCUT2D eigenvalue weighted by atomic mass is 9.66. The maximum Gasteiger partial charge on any atom is 0.235 e. The summed E-state index contributed by atoms with van der Waals surface area (Å²) in [6, 6.07) is 6.84. The molecule has 1 aromatic rings. The summed E-state index contributed by atoms with van der Waals surface area (Å²) >= 11 is 0. The first-order chi connectivity index (χ1) is 12.5. The van der Waals surface area contributed by atoms with E-state index in [0.717, 1.165) is 6.42 Å². The van der Waals surface area contributed by atoms with Gasteiger partial charge in [-0.3, -0.25) is 9.69 Å². The average Bonchev–Trinajstić information content (AvgIpc) is 3.29. The molecule has 1 spiro atoms. The second kappa shape index (κ2) is 4.45. The van der Waals surface area contributed by atoms with E-state index in [0.29, 0.717) is 12.3 Å². The molecular weight excluding hydrogens is 339 g/mol. The molecular formula is C19H17FN2O4. The molecule has 1 amide bonds. The number of hydrogen-bond acceptors (Lipinski definition) is 5. The van der Waals surface area contributed by atoms with Crippen LogP contribution < -0.4 is 4.90 Å². The maximum absolute atomic E-state index is 13.4. The fourth-order valence-corrected chi connectivity index (χ4v) is 5.92. The highest BCUT2D eigenvalue weighted by molar-refractivity contribution is 6.00. The minimum absolute atomic E-state index is 0.0197. The van der Waals surface area contributed by atoms with Crippen LogP contribution >= 0.6 is 0 Å². The van der Waals surface area contributed by atoms with Gasteiger partial charge in [-0.2, -0.15) is 5.26 Å². The van der Waals surface area contributed by atoms with E-state index >= 15 is 0 Å². The highest BCUT2D eigenvalue weighted by Crippen LogP contribution is 2.71. The summed E-state index contributed by atoms with van der Waals surface area (Å²) in [5.74, 6) is -0.460. The van der Waals surface area contributed by atoms with E-state index in [-0.39, 0.29) is 41.1 Å². The van der Waals surface area contributed by atoms with E-state index in [1.165, 1.54) is 0 Å². The van der Waals surface area contributed by atoms with Crippen LogP contribution in [0.25, 0.3) is 0 Å². The number of hydrogen-bond donors (Lipinski definition) is 0. The summed E-state index contributed by atoms with van der Waals surface area (Å²) in [7, 11) is 0. The Morgan fingerprint density at radius 1 is 1.42 bits per heavy atom. The van der Waals surface area contributed by atoms with Gasteiger partial charge in [0, 0.05) is 17.7 Å². The zero-order chi connectivity index (χ0) is 17.8. The number of epoxide rings is 1. The Balaban J connectivity index is 1.47. The molecule has 5 aliphatic rings. The van der Waals surface area contributed by atoms with Gasteiger partial charge in [0.15, 0.2) is 0 Å². The quantitative estimate of drug-likeness (QED) is 0.754. The van der Waals surface area contributed by atoms with Crippen molar-refractivity contribution in [3.8, 4) is 6.07 Å². The number of carbonyl (C=O) groups is 1. The molecule has 5 saturated heterocycles. The number of alkyl halides is 1. The highest BCUT2D eigenvalue weighted by atomic mass is 19.1. The van der Waals surface area contributed by atoms with Crippen LogP contribution in [0, 0.1) is 23.2 Å². The Bertz CT molecular complexity index is 900. The van der Waals surface area contributed by atoms with Gasteiger partial charge in [0.1, 0.15) is 36.3 Å². The second-order valence-corrected chi connectivity index (χ2v) is 8.03. The molecule has 0 radical (unpaired) electrons. The van der Waals surface area contributed by atoms with Crippen LogP contribution in [-0.2, 0) is 25.7 Å².